The fraction of sp³-hybridized carbons (Fsp3) is 1.00. The van der Waals surface area contributed by atoms with Gasteiger partial charge in [-0.2, -0.15) is 0 Å². The molecule has 0 aliphatic heterocycles. The molecule has 0 heterocycles. The molecule has 0 spiro atoms. The van der Waals surface area contributed by atoms with Crippen LogP contribution < -0.4 is 0 Å². The van der Waals surface area contributed by atoms with Gasteiger partial charge < -0.3 is 5.11 Å². The maximum absolute atomic E-state index is 9.29. The maximum Gasteiger partial charge on any atom is 0.0696 e. The Morgan fingerprint density at radius 2 is 2.00 bits per heavy atom. The van der Waals surface area contributed by atoms with E-state index < -0.39 is 0 Å². The molecule has 2 nitrogen and oxygen atoms in total. The smallest absolute Gasteiger partial charge is 0.0696 e. The van der Waals surface area contributed by atoms with Gasteiger partial charge in [-0.1, -0.05) is 0 Å². The summed E-state index contributed by atoms with van der Waals surface area (Å²) in [4.78, 5) is 2.24. The second kappa shape index (κ2) is 2.89. The van der Waals surface area contributed by atoms with Crippen LogP contribution in [0.4, 0.5) is 0 Å². The van der Waals surface area contributed by atoms with Crippen LogP contribution in [0.25, 0.3) is 0 Å². The Bertz CT molecular complexity index is 109. The van der Waals surface area contributed by atoms with Gasteiger partial charge in [0.1, 0.15) is 0 Å². The highest BCUT2D eigenvalue weighted by Crippen LogP contribution is 2.25. The maximum atomic E-state index is 9.29. The van der Waals surface area contributed by atoms with Gasteiger partial charge >= 0.3 is 0 Å². The van der Waals surface area contributed by atoms with E-state index in [1.807, 2.05) is 0 Å². The number of rotatable bonds is 2. The summed E-state index contributed by atoms with van der Waals surface area (Å²) in [5.74, 6) is 0. The molecule has 0 saturated heterocycles. The average Bonchev–Trinajstić information content (AvgIpc) is 1.84. The van der Waals surface area contributed by atoms with E-state index in [1.165, 1.54) is 0 Å². The van der Waals surface area contributed by atoms with E-state index in [0.29, 0.717) is 12.1 Å². The Kier molecular flexibility index (Phi) is 2.32. The van der Waals surface area contributed by atoms with Crippen molar-refractivity contribution in [3.63, 3.8) is 0 Å². The number of nitrogens with zero attached hydrogens (tertiary/aromatic N) is 1. The van der Waals surface area contributed by atoms with Crippen molar-refractivity contribution in [2.45, 2.75) is 44.9 Å². The van der Waals surface area contributed by atoms with E-state index in [-0.39, 0.29) is 6.10 Å². The summed E-state index contributed by atoms with van der Waals surface area (Å²) < 4.78 is 0. The summed E-state index contributed by atoms with van der Waals surface area (Å²) in [6.07, 6.45) is 2.09. The van der Waals surface area contributed by atoms with Gasteiger partial charge in [0.2, 0.25) is 0 Å². The molecule has 1 aliphatic carbocycles. The van der Waals surface area contributed by atoms with Gasteiger partial charge in [-0.25, -0.2) is 0 Å². The molecule has 1 rings (SSSR count). The van der Waals surface area contributed by atoms with Gasteiger partial charge in [-0.3, -0.25) is 4.90 Å². The third-order valence-corrected chi connectivity index (χ3v) is 2.54. The molecule has 2 unspecified atom stereocenters. The number of aliphatic hydroxyl groups is 1. The highest BCUT2D eigenvalue weighted by atomic mass is 16.3. The lowest BCUT2D eigenvalue weighted by Gasteiger charge is -2.41. The quantitative estimate of drug-likeness (QED) is 0.619. The molecular weight excluding hydrogens is 126 g/mol. The fourth-order valence-corrected chi connectivity index (χ4v) is 1.32. The van der Waals surface area contributed by atoms with Crippen LogP contribution in [0.5, 0.6) is 0 Å². The molecule has 0 amide bonds. The van der Waals surface area contributed by atoms with Crippen molar-refractivity contribution >= 4 is 0 Å². The lowest BCUT2D eigenvalue weighted by molar-refractivity contribution is -0.0215. The first-order valence-electron chi connectivity index (χ1n) is 4.03. The van der Waals surface area contributed by atoms with E-state index in [2.05, 4.69) is 25.8 Å². The van der Waals surface area contributed by atoms with E-state index in [9.17, 15) is 5.11 Å². The fourth-order valence-electron chi connectivity index (χ4n) is 1.32. The Morgan fingerprint density at radius 3 is 2.10 bits per heavy atom. The van der Waals surface area contributed by atoms with Crippen molar-refractivity contribution in [3.05, 3.63) is 0 Å². The number of hydrogen-bond donors (Lipinski definition) is 1. The summed E-state index contributed by atoms with van der Waals surface area (Å²) in [7, 11) is 2.08. The van der Waals surface area contributed by atoms with Crippen LogP contribution in [-0.4, -0.2) is 35.2 Å². The van der Waals surface area contributed by atoms with E-state index in [0.717, 1.165) is 12.8 Å². The van der Waals surface area contributed by atoms with Crippen molar-refractivity contribution in [1.29, 1.82) is 0 Å². The molecule has 2 atom stereocenters. The second-order valence-corrected chi connectivity index (χ2v) is 3.47. The monoisotopic (exact) mass is 143 g/mol. The highest BCUT2D eigenvalue weighted by molar-refractivity contribution is 4.88. The van der Waals surface area contributed by atoms with E-state index in [4.69, 9.17) is 0 Å². The molecule has 0 aromatic rings. The SMILES string of the molecule is CC(C)N(C)C1CCC1O. The molecule has 0 aromatic carbocycles. The molecule has 1 fully saturated rings. The van der Waals surface area contributed by atoms with Gasteiger partial charge in [0.15, 0.2) is 0 Å². The van der Waals surface area contributed by atoms with Gasteiger partial charge in [-0.05, 0) is 33.7 Å². The minimum atomic E-state index is -0.0626. The van der Waals surface area contributed by atoms with Crippen molar-refractivity contribution in [3.8, 4) is 0 Å². The second-order valence-electron chi connectivity index (χ2n) is 3.47. The van der Waals surface area contributed by atoms with Crippen molar-refractivity contribution in [1.82, 2.24) is 4.90 Å². The lowest BCUT2D eigenvalue weighted by Crippen LogP contribution is -2.51. The van der Waals surface area contributed by atoms with Crippen molar-refractivity contribution in [2.24, 2.45) is 0 Å². The molecule has 0 bridgehead atoms. The van der Waals surface area contributed by atoms with E-state index in [1.54, 1.807) is 0 Å². The summed E-state index contributed by atoms with van der Waals surface area (Å²) in [5, 5.41) is 9.29. The molecule has 1 N–H and O–H groups in total. The highest BCUT2D eigenvalue weighted by Gasteiger charge is 2.32. The lowest BCUT2D eigenvalue weighted by atomic mass is 9.87. The molecule has 2 heteroatoms. The topological polar surface area (TPSA) is 23.5 Å². The largest absolute Gasteiger partial charge is 0.391 e. The van der Waals surface area contributed by atoms with Crippen LogP contribution in [0.3, 0.4) is 0 Å². The molecule has 0 radical (unpaired) electrons. The first-order valence-corrected chi connectivity index (χ1v) is 4.03. The Hall–Kier alpha value is -0.0800. The predicted octanol–water partition coefficient (Wildman–Crippen LogP) is 0.850. The van der Waals surface area contributed by atoms with Crippen LogP contribution in [0.15, 0.2) is 0 Å². The van der Waals surface area contributed by atoms with Crippen molar-refractivity contribution < 1.29 is 5.11 Å². The molecule has 0 aromatic heterocycles. The molecule has 1 aliphatic rings. The summed E-state index contributed by atoms with van der Waals surface area (Å²) in [6, 6.07) is 0.986. The molecule has 60 valence electrons. The Balaban J connectivity index is 2.34. The van der Waals surface area contributed by atoms with Gasteiger partial charge in [0, 0.05) is 12.1 Å². The molecular formula is C8H17NO. The van der Waals surface area contributed by atoms with Gasteiger partial charge in [0.05, 0.1) is 6.10 Å². The van der Waals surface area contributed by atoms with Gasteiger partial charge in [-0.15, -0.1) is 0 Å². The standard InChI is InChI=1S/C8H17NO/c1-6(2)9(3)7-4-5-8(7)10/h6-8,10H,4-5H2,1-3H3. The Labute approximate surface area is 62.8 Å². The predicted molar refractivity (Wildman–Crippen MR) is 41.9 cm³/mol. The van der Waals surface area contributed by atoms with Crippen LogP contribution in [0.2, 0.25) is 0 Å². The van der Waals surface area contributed by atoms with Crippen molar-refractivity contribution in [2.75, 3.05) is 7.05 Å². The zero-order chi connectivity index (χ0) is 7.72. The number of aliphatic hydroxyl groups excluding tert-OH is 1. The third-order valence-electron chi connectivity index (χ3n) is 2.54. The Morgan fingerprint density at radius 1 is 1.40 bits per heavy atom. The zero-order valence-corrected chi connectivity index (χ0v) is 7.04. The third kappa shape index (κ3) is 1.32. The minimum absolute atomic E-state index is 0.0626. The number of hydrogen-bond acceptors (Lipinski definition) is 2. The van der Waals surface area contributed by atoms with Crippen LogP contribution in [0, 0.1) is 0 Å². The van der Waals surface area contributed by atoms with Crippen LogP contribution in [-0.2, 0) is 0 Å². The summed E-state index contributed by atoms with van der Waals surface area (Å²) >= 11 is 0. The first-order chi connectivity index (χ1) is 4.63. The number of likely N-dealkylation sites (N-methyl/N-ethyl adjacent to an activating group) is 1. The molecule has 10 heavy (non-hydrogen) atoms. The summed E-state index contributed by atoms with van der Waals surface area (Å²) in [6.45, 7) is 4.32. The summed E-state index contributed by atoms with van der Waals surface area (Å²) in [5.41, 5.74) is 0. The van der Waals surface area contributed by atoms with Gasteiger partial charge in [0.25, 0.3) is 0 Å². The minimum Gasteiger partial charge on any atom is -0.391 e. The van der Waals surface area contributed by atoms with Crippen LogP contribution >= 0.6 is 0 Å². The molecule has 1 saturated carbocycles. The average molecular weight is 143 g/mol. The normalized spacial score (nSPS) is 33.0. The zero-order valence-electron chi connectivity index (χ0n) is 7.04. The van der Waals surface area contributed by atoms with Crippen LogP contribution in [0.1, 0.15) is 26.7 Å². The van der Waals surface area contributed by atoms with E-state index >= 15 is 0 Å². The first kappa shape index (κ1) is 8.02.